The molecule has 1 atom stereocenters. The molecule has 0 spiro atoms. The number of likely N-dealkylation sites (N-methyl/N-ethyl adjacent to an activating group) is 1. The van der Waals surface area contributed by atoms with E-state index in [4.69, 9.17) is 9.15 Å². The Bertz CT molecular complexity index is 760. The Morgan fingerprint density at radius 2 is 2.07 bits per heavy atom. The summed E-state index contributed by atoms with van der Waals surface area (Å²) in [5.74, 6) is 1.47. The van der Waals surface area contributed by atoms with Crippen molar-refractivity contribution in [1.29, 1.82) is 0 Å². The number of carbonyl (C=O) groups excluding carboxylic acids is 1. The third kappa shape index (κ3) is 6.08. The van der Waals surface area contributed by atoms with Gasteiger partial charge in [-0.3, -0.25) is 9.69 Å². The van der Waals surface area contributed by atoms with Crippen LogP contribution >= 0.6 is 0 Å². The minimum atomic E-state index is 0.0578. The molecule has 1 aliphatic rings. The van der Waals surface area contributed by atoms with Crippen LogP contribution in [0.25, 0.3) is 0 Å². The van der Waals surface area contributed by atoms with Gasteiger partial charge < -0.3 is 19.0 Å². The number of hydrogen-bond donors (Lipinski definition) is 0. The number of rotatable bonds is 9. The van der Waals surface area contributed by atoms with Gasteiger partial charge in [0.25, 0.3) is 5.91 Å². The maximum Gasteiger partial charge on any atom is 0.257 e. The van der Waals surface area contributed by atoms with E-state index in [9.17, 15) is 4.79 Å². The fourth-order valence-electron chi connectivity index (χ4n) is 4.00. The van der Waals surface area contributed by atoms with Gasteiger partial charge in [0, 0.05) is 38.3 Å². The van der Waals surface area contributed by atoms with Crippen LogP contribution in [0.2, 0.25) is 0 Å². The molecule has 0 bridgehead atoms. The van der Waals surface area contributed by atoms with Crippen LogP contribution in [0.15, 0.2) is 47.3 Å². The lowest BCUT2D eigenvalue weighted by molar-refractivity contribution is 0.0659. The van der Waals surface area contributed by atoms with E-state index in [1.165, 1.54) is 5.56 Å². The number of likely N-dealkylation sites (tertiary alicyclic amines) is 1. The number of furan rings is 1. The van der Waals surface area contributed by atoms with Crippen LogP contribution in [0.3, 0.4) is 0 Å². The van der Waals surface area contributed by atoms with Crippen molar-refractivity contribution < 1.29 is 13.9 Å². The highest BCUT2D eigenvalue weighted by Gasteiger charge is 2.26. The van der Waals surface area contributed by atoms with Gasteiger partial charge in [0.15, 0.2) is 0 Å². The van der Waals surface area contributed by atoms with Crippen LogP contribution in [-0.4, -0.2) is 74.5 Å². The molecule has 1 fully saturated rings. The first-order chi connectivity index (χ1) is 14.1. The zero-order valence-electron chi connectivity index (χ0n) is 17.8. The maximum absolute atomic E-state index is 13.0. The second kappa shape index (κ2) is 10.5. The van der Waals surface area contributed by atoms with E-state index >= 15 is 0 Å². The molecule has 0 N–H and O–H groups in total. The number of methoxy groups -OCH3 is 1. The Morgan fingerprint density at radius 1 is 1.24 bits per heavy atom. The van der Waals surface area contributed by atoms with E-state index in [1.54, 1.807) is 25.7 Å². The van der Waals surface area contributed by atoms with Crippen molar-refractivity contribution >= 4 is 5.91 Å². The number of para-hydroxylation sites is 1. The van der Waals surface area contributed by atoms with Gasteiger partial charge in [-0.05, 0) is 51.5 Å². The van der Waals surface area contributed by atoms with Gasteiger partial charge in [-0.15, -0.1) is 0 Å². The third-order valence-electron chi connectivity index (χ3n) is 5.54. The smallest absolute Gasteiger partial charge is 0.257 e. The highest BCUT2D eigenvalue weighted by atomic mass is 16.5. The molecule has 1 saturated heterocycles. The number of nitrogens with zero attached hydrogens (tertiary/aromatic N) is 3. The lowest BCUT2D eigenvalue weighted by Gasteiger charge is -2.36. The van der Waals surface area contributed by atoms with Crippen LogP contribution in [-0.2, 0) is 6.54 Å². The van der Waals surface area contributed by atoms with E-state index in [0.29, 0.717) is 11.5 Å². The Balaban J connectivity index is 1.63. The van der Waals surface area contributed by atoms with Gasteiger partial charge >= 0.3 is 0 Å². The van der Waals surface area contributed by atoms with E-state index in [2.05, 4.69) is 21.9 Å². The highest BCUT2D eigenvalue weighted by Crippen LogP contribution is 2.24. The molecule has 2 heterocycles. The number of piperidine rings is 1. The second-order valence-corrected chi connectivity index (χ2v) is 8.12. The molecule has 1 amide bonds. The molecular weight excluding hydrogens is 366 g/mol. The summed E-state index contributed by atoms with van der Waals surface area (Å²) in [4.78, 5) is 19.6. The Labute approximate surface area is 174 Å². The summed E-state index contributed by atoms with van der Waals surface area (Å²) >= 11 is 0. The SMILES string of the molecule is COc1ccccc1CN1CCC[C@@H](CN(CCN(C)C)C(=O)c2ccoc2)C1. The van der Waals surface area contributed by atoms with Crippen molar-refractivity contribution in [3.63, 3.8) is 0 Å². The van der Waals surface area contributed by atoms with Crippen molar-refractivity contribution in [2.45, 2.75) is 19.4 Å². The lowest BCUT2D eigenvalue weighted by Crippen LogP contribution is -2.44. The molecular formula is C23H33N3O3. The molecule has 0 unspecified atom stereocenters. The van der Waals surface area contributed by atoms with Crippen LogP contribution in [0.4, 0.5) is 0 Å². The van der Waals surface area contributed by atoms with Crippen LogP contribution in [0.1, 0.15) is 28.8 Å². The summed E-state index contributed by atoms with van der Waals surface area (Å²) in [6.45, 7) is 5.31. The quantitative estimate of drug-likeness (QED) is 0.648. The van der Waals surface area contributed by atoms with Gasteiger partial charge in [-0.25, -0.2) is 0 Å². The molecule has 2 aromatic rings. The number of ether oxygens (including phenoxy) is 1. The van der Waals surface area contributed by atoms with E-state index < -0.39 is 0 Å². The van der Waals surface area contributed by atoms with Gasteiger partial charge in [0.2, 0.25) is 0 Å². The molecule has 3 rings (SSSR count). The molecule has 158 valence electrons. The largest absolute Gasteiger partial charge is 0.496 e. The maximum atomic E-state index is 13.0. The lowest BCUT2D eigenvalue weighted by atomic mass is 9.96. The molecule has 0 aliphatic carbocycles. The molecule has 29 heavy (non-hydrogen) atoms. The monoisotopic (exact) mass is 399 g/mol. The molecule has 0 radical (unpaired) electrons. The summed E-state index contributed by atoms with van der Waals surface area (Å²) in [5.41, 5.74) is 1.85. The Morgan fingerprint density at radius 3 is 2.79 bits per heavy atom. The molecule has 1 aromatic heterocycles. The average molecular weight is 400 g/mol. The van der Waals surface area contributed by atoms with E-state index in [-0.39, 0.29) is 5.91 Å². The summed E-state index contributed by atoms with van der Waals surface area (Å²) < 4.78 is 10.6. The first-order valence-corrected chi connectivity index (χ1v) is 10.4. The summed E-state index contributed by atoms with van der Waals surface area (Å²) in [5, 5.41) is 0. The van der Waals surface area contributed by atoms with Crippen molar-refractivity contribution in [3.05, 3.63) is 54.0 Å². The predicted molar refractivity (Wildman–Crippen MR) is 114 cm³/mol. The minimum absolute atomic E-state index is 0.0578. The van der Waals surface area contributed by atoms with Crippen molar-refractivity contribution in [3.8, 4) is 5.75 Å². The van der Waals surface area contributed by atoms with Crippen molar-refractivity contribution in [2.75, 3.05) is 53.9 Å². The number of amides is 1. The standard InChI is InChI=1S/C23H33N3O3/c1-24(2)12-13-26(23(27)21-10-14-29-18-21)16-19-7-6-11-25(15-19)17-20-8-4-5-9-22(20)28-3/h4-5,8-10,14,18-19H,6-7,11-13,15-17H2,1-3H3/t19-/m1/s1. The molecule has 0 saturated carbocycles. The van der Waals surface area contributed by atoms with Gasteiger partial charge in [0.05, 0.1) is 18.9 Å². The van der Waals surface area contributed by atoms with E-state index in [1.807, 2.05) is 31.1 Å². The number of carbonyl (C=O) groups is 1. The summed E-state index contributed by atoms with van der Waals surface area (Å²) in [6, 6.07) is 9.97. The van der Waals surface area contributed by atoms with Crippen molar-refractivity contribution in [2.24, 2.45) is 5.92 Å². The normalized spacial score (nSPS) is 17.4. The number of hydrogen-bond acceptors (Lipinski definition) is 5. The summed E-state index contributed by atoms with van der Waals surface area (Å²) in [6.07, 6.45) is 5.41. The zero-order valence-corrected chi connectivity index (χ0v) is 17.8. The van der Waals surface area contributed by atoms with Gasteiger partial charge in [0.1, 0.15) is 12.0 Å². The van der Waals surface area contributed by atoms with Gasteiger partial charge in [-0.1, -0.05) is 18.2 Å². The third-order valence-corrected chi connectivity index (χ3v) is 5.54. The first-order valence-electron chi connectivity index (χ1n) is 10.4. The fourth-order valence-corrected chi connectivity index (χ4v) is 4.00. The molecule has 1 aliphatic heterocycles. The minimum Gasteiger partial charge on any atom is -0.496 e. The molecule has 1 aromatic carbocycles. The molecule has 6 nitrogen and oxygen atoms in total. The topological polar surface area (TPSA) is 49.2 Å². The predicted octanol–water partition coefficient (Wildman–Crippen LogP) is 3.20. The Hall–Kier alpha value is -2.31. The van der Waals surface area contributed by atoms with Crippen LogP contribution < -0.4 is 4.74 Å². The average Bonchev–Trinajstić information content (AvgIpc) is 3.26. The first kappa shape index (κ1) is 21.4. The van der Waals surface area contributed by atoms with Crippen LogP contribution in [0, 0.1) is 5.92 Å². The number of benzene rings is 1. The highest BCUT2D eigenvalue weighted by molar-refractivity contribution is 5.93. The summed E-state index contributed by atoms with van der Waals surface area (Å²) in [7, 11) is 5.80. The zero-order chi connectivity index (χ0) is 20.6. The van der Waals surface area contributed by atoms with Crippen molar-refractivity contribution in [1.82, 2.24) is 14.7 Å². The van der Waals surface area contributed by atoms with Crippen LogP contribution in [0.5, 0.6) is 5.75 Å². The Kier molecular flexibility index (Phi) is 7.72. The molecule has 6 heteroatoms. The fraction of sp³-hybridized carbons (Fsp3) is 0.522. The van der Waals surface area contributed by atoms with Gasteiger partial charge in [-0.2, -0.15) is 0 Å². The van der Waals surface area contributed by atoms with E-state index in [0.717, 1.165) is 57.9 Å². The second-order valence-electron chi connectivity index (χ2n) is 8.12.